The van der Waals surface area contributed by atoms with Crippen LogP contribution in [0.4, 0.5) is 0 Å². The molecule has 20 heavy (non-hydrogen) atoms. The zero-order chi connectivity index (χ0) is 14.5. The lowest BCUT2D eigenvalue weighted by Gasteiger charge is -2.11. The van der Waals surface area contributed by atoms with Gasteiger partial charge in [-0.2, -0.15) is 0 Å². The number of hydrogen-bond donors (Lipinski definition) is 1. The summed E-state index contributed by atoms with van der Waals surface area (Å²) in [6.45, 7) is 6.96. The third-order valence-electron chi connectivity index (χ3n) is 2.61. The van der Waals surface area contributed by atoms with Gasteiger partial charge in [0.05, 0.1) is 11.2 Å². The topological polar surface area (TPSA) is 47.0 Å². The fraction of sp³-hybridized carbons (Fsp3) is 0.333. The number of hydrogen-bond acceptors (Lipinski definition) is 4. The third kappa shape index (κ3) is 4.47. The number of aryl methyl sites for hydroxylation is 1. The van der Waals surface area contributed by atoms with Crippen molar-refractivity contribution in [3.8, 4) is 11.6 Å². The van der Waals surface area contributed by atoms with E-state index in [-0.39, 0.29) is 0 Å². The number of halogens is 1. The zero-order valence-corrected chi connectivity index (χ0v) is 12.6. The second-order valence-electron chi connectivity index (χ2n) is 4.93. The molecule has 0 bridgehead atoms. The van der Waals surface area contributed by atoms with Crippen LogP contribution in [-0.2, 0) is 6.54 Å². The molecule has 2 aromatic heterocycles. The van der Waals surface area contributed by atoms with Crippen molar-refractivity contribution >= 4 is 11.6 Å². The molecule has 0 saturated carbocycles. The quantitative estimate of drug-likeness (QED) is 0.912. The number of rotatable bonds is 5. The Kier molecular flexibility index (Phi) is 4.93. The van der Waals surface area contributed by atoms with Crippen molar-refractivity contribution in [1.82, 2.24) is 15.3 Å². The van der Waals surface area contributed by atoms with E-state index in [0.29, 0.717) is 22.7 Å². The van der Waals surface area contributed by atoms with E-state index in [1.165, 1.54) is 0 Å². The Balaban J connectivity index is 2.15. The fourth-order valence-electron chi connectivity index (χ4n) is 1.75. The average molecular weight is 292 g/mol. The van der Waals surface area contributed by atoms with Crippen molar-refractivity contribution in [2.24, 2.45) is 0 Å². The van der Waals surface area contributed by atoms with E-state index >= 15 is 0 Å². The Morgan fingerprint density at radius 2 is 2.05 bits per heavy atom. The van der Waals surface area contributed by atoms with Gasteiger partial charge in [0.15, 0.2) is 0 Å². The van der Waals surface area contributed by atoms with Crippen LogP contribution in [-0.4, -0.2) is 16.0 Å². The van der Waals surface area contributed by atoms with Gasteiger partial charge in [0, 0.05) is 36.6 Å². The second-order valence-corrected chi connectivity index (χ2v) is 5.37. The minimum Gasteiger partial charge on any atom is -0.437 e. The largest absolute Gasteiger partial charge is 0.437 e. The summed E-state index contributed by atoms with van der Waals surface area (Å²) in [4.78, 5) is 8.35. The molecule has 0 saturated heterocycles. The highest BCUT2D eigenvalue weighted by molar-refractivity contribution is 6.30. The van der Waals surface area contributed by atoms with E-state index in [1.807, 2.05) is 19.1 Å². The SMILES string of the molecule is Cc1cc(CNC(C)C)cc(Oc2cncc(Cl)c2)n1. The number of nitrogens with one attached hydrogen (secondary N) is 1. The predicted molar refractivity (Wildman–Crippen MR) is 80.3 cm³/mol. The fourth-order valence-corrected chi connectivity index (χ4v) is 1.92. The molecule has 0 atom stereocenters. The van der Waals surface area contributed by atoms with Crippen LogP contribution in [0, 0.1) is 6.92 Å². The lowest BCUT2D eigenvalue weighted by atomic mass is 10.2. The molecular formula is C15H18ClN3O. The summed E-state index contributed by atoms with van der Waals surface area (Å²) in [5.74, 6) is 1.13. The molecule has 5 heteroatoms. The van der Waals surface area contributed by atoms with Gasteiger partial charge >= 0.3 is 0 Å². The summed E-state index contributed by atoms with van der Waals surface area (Å²) < 4.78 is 5.70. The Hall–Kier alpha value is -1.65. The highest BCUT2D eigenvalue weighted by Gasteiger charge is 2.04. The van der Waals surface area contributed by atoms with Crippen LogP contribution < -0.4 is 10.1 Å². The lowest BCUT2D eigenvalue weighted by molar-refractivity contribution is 0.458. The first-order chi connectivity index (χ1) is 9.52. The van der Waals surface area contributed by atoms with Gasteiger partial charge in [-0.1, -0.05) is 25.4 Å². The maximum atomic E-state index is 5.89. The molecule has 0 aliphatic carbocycles. The van der Waals surface area contributed by atoms with E-state index in [9.17, 15) is 0 Å². The van der Waals surface area contributed by atoms with Crippen LogP contribution in [0.5, 0.6) is 11.6 Å². The van der Waals surface area contributed by atoms with Crippen molar-refractivity contribution in [3.63, 3.8) is 0 Å². The van der Waals surface area contributed by atoms with Gasteiger partial charge in [-0.25, -0.2) is 4.98 Å². The first-order valence-electron chi connectivity index (χ1n) is 6.52. The molecule has 2 aromatic rings. The molecule has 0 aliphatic heterocycles. The van der Waals surface area contributed by atoms with Gasteiger partial charge in [0.1, 0.15) is 5.75 Å². The Morgan fingerprint density at radius 3 is 2.75 bits per heavy atom. The molecule has 1 N–H and O–H groups in total. The van der Waals surface area contributed by atoms with Crippen LogP contribution in [0.2, 0.25) is 5.02 Å². The second kappa shape index (κ2) is 6.68. The van der Waals surface area contributed by atoms with Gasteiger partial charge in [0.25, 0.3) is 0 Å². The molecule has 0 amide bonds. The van der Waals surface area contributed by atoms with Gasteiger partial charge in [-0.3, -0.25) is 4.98 Å². The maximum absolute atomic E-state index is 5.89. The molecule has 0 aromatic carbocycles. The zero-order valence-electron chi connectivity index (χ0n) is 11.9. The Labute approximate surface area is 124 Å². The van der Waals surface area contributed by atoms with Crippen LogP contribution in [0.15, 0.2) is 30.6 Å². The Morgan fingerprint density at radius 1 is 1.25 bits per heavy atom. The first-order valence-corrected chi connectivity index (χ1v) is 6.90. The van der Waals surface area contributed by atoms with Gasteiger partial charge < -0.3 is 10.1 Å². The van der Waals surface area contributed by atoms with E-state index in [2.05, 4.69) is 29.1 Å². The number of pyridine rings is 2. The van der Waals surface area contributed by atoms with Crippen molar-refractivity contribution in [2.75, 3.05) is 0 Å². The van der Waals surface area contributed by atoms with E-state index in [1.54, 1.807) is 18.5 Å². The molecule has 0 fully saturated rings. The maximum Gasteiger partial charge on any atom is 0.219 e. The average Bonchev–Trinajstić information content (AvgIpc) is 2.35. The molecular weight excluding hydrogens is 274 g/mol. The first kappa shape index (κ1) is 14.8. The molecule has 0 unspecified atom stereocenters. The normalized spacial score (nSPS) is 10.8. The lowest BCUT2D eigenvalue weighted by Crippen LogP contribution is -2.21. The minimum atomic E-state index is 0.435. The Bertz CT molecular complexity index is 587. The summed E-state index contributed by atoms with van der Waals surface area (Å²) in [7, 11) is 0. The van der Waals surface area contributed by atoms with Crippen LogP contribution >= 0.6 is 11.6 Å². The van der Waals surface area contributed by atoms with Crippen LogP contribution in [0.25, 0.3) is 0 Å². The van der Waals surface area contributed by atoms with Gasteiger partial charge in [0.2, 0.25) is 5.88 Å². The molecule has 0 aliphatic rings. The minimum absolute atomic E-state index is 0.435. The van der Waals surface area contributed by atoms with E-state index < -0.39 is 0 Å². The standard InChI is InChI=1S/C15H18ClN3O/c1-10(2)18-7-12-4-11(3)19-15(5-12)20-14-6-13(16)8-17-9-14/h4-6,8-10,18H,7H2,1-3H3. The summed E-state index contributed by atoms with van der Waals surface area (Å²) in [5.41, 5.74) is 2.05. The van der Waals surface area contributed by atoms with Crippen molar-refractivity contribution in [2.45, 2.75) is 33.4 Å². The highest BCUT2D eigenvalue weighted by atomic mass is 35.5. The molecule has 2 heterocycles. The van der Waals surface area contributed by atoms with Crippen LogP contribution in [0.3, 0.4) is 0 Å². The molecule has 4 nitrogen and oxygen atoms in total. The monoisotopic (exact) mass is 291 g/mol. The third-order valence-corrected chi connectivity index (χ3v) is 2.81. The molecule has 0 radical (unpaired) electrons. The number of ether oxygens (including phenoxy) is 1. The molecule has 2 rings (SSSR count). The van der Waals surface area contributed by atoms with E-state index in [4.69, 9.17) is 16.3 Å². The summed E-state index contributed by atoms with van der Waals surface area (Å²) in [6, 6.07) is 6.11. The summed E-state index contributed by atoms with van der Waals surface area (Å²) in [6.07, 6.45) is 3.18. The predicted octanol–water partition coefficient (Wildman–Crippen LogP) is 3.73. The summed E-state index contributed by atoms with van der Waals surface area (Å²) in [5, 5.41) is 3.91. The molecule has 0 spiro atoms. The van der Waals surface area contributed by atoms with Gasteiger partial charge in [-0.05, 0) is 18.6 Å². The smallest absolute Gasteiger partial charge is 0.219 e. The summed E-state index contributed by atoms with van der Waals surface area (Å²) >= 11 is 5.89. The van der Waals surface area contributed by atoms with Crippen LogP contribution in [0.1, 0.15) is 25.1 Å². The molecule has 106 valence electrons. The number of aromatic nitrogens is 2. The number of nitrogens with zero attached hydrogens (tertiary/aromatic N) is 2. The van der Waals surface area contributed by atoms with Crippen molar-refractivity contribution < 1.29 is 4.74 Å². The van der Waals surface area contributed by atoms with E-state index in [0.717, 1.165) is 17.8 Å². The van der Waals surface area contributed by atoms with Crippen molar-refractivity contribution in [3.05, 3.63) is 46.9 Å². The van der Waals surface area contributed by atoms with Crippen molar-refractivity contribution in [1.29, 1.82) is 0 Å². The highest BCUT2D eigenvalue weighted by Crippen LogP contribution is 2.22. The van der Waals surface area contributed by atoms with Gasteiger partial charge in [-0.15, -0.1) is 0 Å².